The molecule has 0 atom stereocenters. The summed E-state index contributed by atoms with van der Waals surface area (Å²) in [5.74, 6) is -4.74. The van der Waals surface area contributed by atoms with Gasteiger partial charge in [-0.05, 0) is 23.3 Å². The highest BCUT2D eigenvalue weighted by atomic mass is 19.2. The van der Waals surface area contributed by atoms with Crippen molar-refractivity contribution < 1.29 is 17.6 Å². The molecule has 0 spiro atoms. The Morgan fingerprint density at radius 2 is 1.00 bits per heavy atom. The second-order valence-corrected chi connectivity index (χ2v) is 4.06. The van der Waals surface area contributed by atoms with E-state index in [2.05, 4.69) is 0 Å². The SMILES string of the molecule is Nc1ccc(Cc2ccc(N)c(F)c2F)c(F)c1F. The van der Waals surface area contributed by atoms with Crippen molar-refractivity contribution in [1.29, 1.82) is 0 Å². The van der Waals surface area contributed by atoms with Crippen molar-refractivity contribution in [3.63, 3.8) is 0 Å². The molecule has 19 heavy (non-hydrogen) atoms. The number of anilines is 2. The zero-order valence-corrected chi connectivity index (χ0v) is 9.68. The van der Waals surface area contributed by atoms with E-state index >= 15 is 0 Å². The van der Waals surface area contributed by atoms with E-state index in [0.29, 0.717) is 0 Å². The Balaban J connectivity index is 2.43. The molecule has 6 heteroatoms. The summed E-state index contributed by atoms with van der Waals surface area (Å²) in [6.45, 7) is 0. The largest absolute Gasteiger partial charge is 0.396 e. The minimum atomic E-state index is -1.20. The molecule has 0 amide bonds. The molecule has 0 saturated carbocycles. The molecule has 2 rings (SSSR count). The first-order chi connectivity index (χ1) is 8.91. The highest BCUT2D eigenvalue weighted by molar-refractivity contribution is 5.46. The third-order valence-corrected chi connectivity index (χ3v) is 2.77. The van der Waals surface area contributed by atoms with Gasteiger partial charge in [-0.25, -0.2) is 17.6 Å². The van der Waals surface area contributed by atoms with E-state index in [1.807, 2.05) is 0 Å². The van der Waals surface area contributed by atoms with E-state index in [9.17, 15) is 17.6 Å². The number of nitrogens with two attached hydrogens (primary N) is 2. The second kappa shape index (κ2) is 4.79. The first-order valence-electron chi connectivity index (χ1n) is 5.36. The summed E-state index contributed by atoms with van der Waals surface area (Å²) in [7, 11) is 0. The van der Waals surface area contributed by atoms with Gasteiger partial charge in [0.05, 0.1) is 11.4 Å². The summed E-state index contributed by atoms with van der Waals surface area (Å²) in [4.78, 5) is 0. The average Bonchev–Trinajstić information content (AvgIpc) is 2.39. The van der Waals surface area contributed by atoms with Crippen LogP contribution < -0.4 is 11.5 Å². The van der Waals surface area contributed by atoms with E-state index in [1.165, 1.54) is 24.3 Å². The van der Waals surface area contributed by atoms with Gasteiger partial charge in [0.1, 0.15) is 0 Å². The van der Waals surface area contributed by atoms with Crippen molar-refractivity contribution in [3.8, 4) is 0 Å². The fraction of sp³-hybridized carbons (Fsp3) is 0.0769. The lowest BCUT2D eigenvalue weighted by atomic mass is 10.0. The van der Waals surface area contributed by atoms with Crippen molar-refractivity contribution in [1.82, 2.24) is 0 Å². The predicted molar refractivity (Wildman–Crippen MR) is 64.3 cm³/mol. The van der Waals surface area contributed by atoms with Crippen LogP contribution >= 0.6 is 0 Å². The lowest BCUT2D eigenvalue weighted by molar-refractivity contribution is 0.494. The highest BCUT2D eigenvalue weighted by Crippen LogP contribution is 2.24. The Morgan fingerprint density at radius 1 is 0.632 bits per heavy atom. The Morgan fingerprint density at radius 3 is 1.37 bits per heavy atom. The highest BCUT2D eigenvalue weighted by Gasteiger charge is 2.16. The maximum Gasteiger partial charge on any atom is 0.181 e. The van der Waals surface area contributed by atoms with Gasteiger partial charge >= 0.3 is 0 Å². The van der Waals surface area contributed by atoms with Crippen molar-refractivity contribution in [2.24, 2.45) is 0 Å². The smallest absolute Gasteiger partial charge is 0.181 e. The number of nitrogen functional groups attached to an aromatic ring is 2. The van der Waals surface area contributed by atoms with Crippen molar-refractivity contribution >= 4 is 11.4 Å². The molecule has 0 fully saturated rings. The maximum atomic E-state index is 13.6. The van der Waals surface area contributed by atoms with Crippen molar-refractivity contribution in [3.05, 3.63) is 58.7 Å². The predicted octanol–water partition coefficient (Wildman–Crippen LogP) is 3.00. The minimum absolute atomic E-state index is 0.116. The average molecular weight is 270 g/mol. The van der Waals surface area contributed by atoms with Gasteiger partial charge in [-0.3, -0.25) is 0 Å². The van der Waals surface area contributed by atoms with Crippen LogP contribution in [-0.2, 0) is 6.42 Å². The molecule has 0 unspecified atom stereocenters. The Bertz CT molecular complexity index is 586. The molecular formula is C13H10F4N2. The van der Waals surface area contributed by atoms with Gasteiger partial charge < -0.3 is 11.5 Å². The Hall–Kier alpha value is -2.24. The van der Waals surface area contributed by atoms with Gasteiger partial charge in [-0.1, -0.05) is 12.1 Å². The molecule has 4 N–H and O–H groups in total. The molecule has 2 aromatic rings. The number of hydrogen-bond acceptors (Lipinski definition) is 2. The maximum absolute atomic E-state index is 13.6. The summed E-state index contributed by atoms with van der Waals surface area (Å²) in [6, 6.07) is 4.78. The van der Waals surface area contributed by atoms with Gasteiger partial charge in [0.25, 0.3) is 0 Å². The van der Waals surface area contributed by atoms with Crippen LogP contribution in [-0.4, -0.2) is 0 Å². The van der Waals surface area contributed by atoms with E-state index in [4.69, 9.17) is 11.5 Å². The Kier molecular flexibility index (Phi) is 3.33. The second-order valence-electron chi connectivity index (χ2n) is 4.06. The molecular weight excluding hydrogens is 260 g/mol. The van der Waals surface area contributed by atoms with Crippen LogP contribution in [0, 0.1) is 23.3 Å². The Labute approximate surface area is 106 Å². The van der Waals surface area contributed by atoms with Crippen molar-refractivity contribution in [2.75, 3.05) is 11.5 Å². The minimum Gasteiger partial charge on any atom is -0.396 e. The third kappa shape index (κ3) is 2.33. The molecule has 0 saturated heterocycles. The van der Waals surface area contributed by atoms with Crippen LogP contribution in [0.1, 0.15) is 11.1 Å². The van der Waals surface area contributed by atoms with Crippen LogP contribution in [0.3, 0.4) is 0 Å². The van der Waals surface area contributed by atoms with Crippen LogP contribution in [0.4, 0.5) is 28.9 Å². The molecule has 0 heterocycles. The van der Waals surface area contributed by atoms with Crippen LogP contribution in [0.5, 0.6) is 0 Å². The van der Waals surface area contributed by atoms with E-state index in [0.717, 1.165) is 0 Å². The molecule has 0 aromatic heterocycles. The third-order valence-electron chi connectivity index (χ3n) is 2.77. The number of hydrogen-bond donors (Lipinski definition) is 2. The van der Waals surface area contributed by atoms with Crippen LogP contribution in [0.25, 0.3) is 0 Å². The van der Waals surface area contributed by atoms with Gasteiger partial charge in [-0.15, -0.1) is 0 Å². The van der Waals surface area contributed by atoms with E-state index in [1.54, 1.807) is 0 Å². The topological polar surface area (TPSA) is 52.0 Å². The normalized spacial score (nSPS) is 10.7. The monoisotopic (exact) mass is 270 g/mol. The molecule has 0 aliphatic rings. The molecule has 0 radical (unpaired) electrons. The fourth-order valence-corrected chi connectivity index (χ4v) is 1.69. The summed E-state index contributed by atoms with van der Waals surface area (Å²) in [5, 5.41) is 0. The van der Waals surface area contributed by atoms with Crippen LogP contribution in [0.15, 0.2) is 24.3 Å². The molecule has 2 nitrogen and oxygen atoms in total. The fourth-order valence-electron chi connectivity index (χ4n) is 1.69. The quantitative estimate of drug-likeness (QED) is 0.651. The van der Waals surface area contributed by atoms with Gasteiger partial charge in [-0.2, -0.15) is 0 Å². The van der Waals surface area contributed by atoms with E-state index < -0.39 is 23.3 Å². The molecule has 2 aromatic carbocycles. The van der Waals surface area contributed by atoms with Gasteiger partial charge in [0, 0.05) is 6.42 Å². The lowest BCUT2D eigenvalue weighted by Crippen LogP contribution is -2.04. The summed E-state index contributed by atoms with van der Waals surface area (Å²) < 4.78 is 53.6. The number of rotatable bonds is 2. The summed E-state index contributed by atoms with van der Waals surface area (Å²) >= 11 is 0. The lowest BCUT2D eigenvalue weighted by Gasteiger charge is -2.08. The summed E-state index contributed by atoms with van der Waals surface area (Å²) in [6.07, 6.45) is -0.300. The first-order valence-corrected chi connectivity index (χ1v) is 5.36. The zero-order chi connectivity index (χ0) is 14.2. The summed E-state index contributed by atoms with van der Waals surface area (Å²) in [5.41, 5.74) is 9.47. The number of halogens is 4. The van der Waals surface area contributed by atoms with Crippen LogP contribution in [0.2, 0.25) is 0 Å². The first kappa shape index (κ1) is 13.2. The van der Waals surface area contributed by atoms with Gasteiger partial charge in [0.2, 0.25) is 0 Å². The standard InChI is InChI=1S/C13H10F4N2/c14-10-6(1-3-8(18)12(10)16)5-7-2-4-9(19)13(17)11(7)15/h1-4H,5,18-19H2. The molecule has 0 bridgehead atoms. The number of benzene rings is 2. The molecule has 0 aliphatic carbocycles. The van der Waals surface area contributed by atoms with E-state index in [-0.39, 0.29) is 28.9 Å². The molecule has 100 valence electrons. The zero-order valence-electron chi connectivity index (χ0n) is 9.68. The molecule has 0 aliphatic heterocycles. The van der Waals surface area contributed by atoms with Crippen molar-refractivity contribution in [2.45, 2.75) is 6.42 Å². The van der Waals surface area contributed by atoms with Gasteiger partial charge in [0.15, 0.2) is 23.3 Å².